The molecule has 0 aliphatic rings. The lowest BCUT2D eigenvalue weighted by molar-refractivity contribution is 0.0953. The Kier molecular flexibility index (Phi) is 8.39. The lowest BCUT2D eigenvalue weighted by atomic mass is 10.2. The summed E-state index contributed by atoms with van der Waals surface area (Å²) in [6, 6.07) is 15.2. The number of nitrogens with one attached hydrogen (secondary N) is 2. The number of amides is 1. The number of nitrogens with zero attached hydrogens (tertiary/aromatic N) is 1. The first-order valence-electron chi connectivity index (χ1n) is 10.5. The SMILES string of the molecule is CCOc1cc(C(=O)NCCNS(=O)(=O)c2ccc(C)cc2)ccc1OCc1ccncc1. The molecular formula is C24H27N3O5S. The number of carbonyl (C=O) groups is 1. The average Bonchev–Trinajstić information content (AvgIpc) is 2.82. The maximum Gasteiger partial charge on any atom is 0.251 e. The molecule has 0 saturated carbocycles. The van der Waals surface area contributed by atoms with Gasteiger partial charge in [-0.1, -0.05) is 17.7 Å². The van der Waals surface area contributed by atoms with Crippen molar-refractivity contribution in [2.45, 2.75) is 25.3 Å². The van der Waals surface area contributed by atoms with Gasteiger partial charge < -0.3 is 14.8 Å². The van der Waals surface area contributed by atoms with E-state index in [9.17, 15) is 13.2 Å². The van der Waals surface area contributed by atoms with Gasteiger partial charge in [0.2, 0.25) is 10.0 Å². The molecule has 0 atom stereocenters. The van der Waals surface area contributed by atoms with Crippen molar-refractivity contribution in [2.75, 3.05) is 19.7 Å². The summed E-state index contributed by atoms with van der Waals surface area (Å²) >= 11 is 0. The zero-order valence-electron chi connectivity index (χ0n) is 18.6. The maximum atomic E-state index is 12.5. The number of hydrogen-bond donors (Lipinski definition) is 2. The Balaban J connectivity index is 1.55. The van der Waals surface area contributed by atoms with Crippen molar-refractivity contribution >= 4 is 15.9 Å². The van der Waals surface area contributed by atoms with Crippen LogP contribution in [0.3, 0.4) is 0 Å². The average molecular weight is 470 g/mol. The first-order valence-corrected chi connectivity index (χ1v) is 12.0. The fourth-order valence-corrected chi connectivity index (χ4v) is 3.97. The van der Waals surface area contributed by atoms with Crippen LogP contribution in [0.2, 0.25) is 0 Å². The van der Waals surface area contributed by atoms with Crippen LogP contribution in [0.4, 0.5) is 0 Å². The molecular weight excluding hydrogens is 442 g/mol. The second kappa shape index (κ2) is 11.4. The number of benzene rings is 2. The van der Waals surface area contributed by atoms with Crippen LogP contribution in [0.15, 0.2) is 71.9 Å². The van der Waals surface area contributed by atoms with Gasteiger partial charge >= 0.3 is 0 Å². The second-order valence-electron chi connectivity index (χ2n) is 7.21. The van der Waals surface area contributed by atoms with Crippen LogP contribution in [0, 0.1) is 6.92 Å². The van der Waals surface area contributed by atoms with Crippen LogP contribution < -0.4 is 19.5 Å². The largest absolute Gasteiger partial charge is 0.490 e. The monoisotopic (exact) mass is 469 g/mol. The van der Waals surface area contributed by atoms with Gasteiger partial charge in [-0.2, -0.15) is 0 Å². The van der Waals surface area contributed by atoms with Gasteiger partial charge in [0, 0.05) is 31.0 Å². The van der Waals surface area contributed by atoms with Gasteiger partial charge in [-0.25, -0.2) is 13.1 Å². The maximum absolute atomic E-state index is 12.5. The topological polar surface area (TPSA) is 107 Å². The van der Waals surface area contributed by atoms with Gasteiger partial charge in [-0.05, 0) is 61.9 Å². The van der Waals surface area contributed by atoms with E-state index in [-0.39, 0.29) is 23.9 Å². The van der Waals surface area contributed by atoms with Crippen molar-refractivity contribution in [2.24, 2.45) is 0 Å². The first-order chi connectivity index (χ1) is 15.9. The molecule has 1 aromatic heterocycles. The van der Waals surface area contributed by atoms with Crippen molar-refractivity contribution < 1.29 is 22.7 Å². The fraction of sp³-hybridized carbons (Fsp3) is 0.250. The zero-order chi connectivity index (χ0) is 23.7. The molecule has 9 heteroatoms. The van der Waals surface area contributed by atoms with Crippen LogP contribution in [0.25, 0.3) is 0 Å². The summed E-state index contributed by atoms with van der Waals surface area (Å²) in [7, 11) is -3.63. The van der Waals surface area contributed by atoms with Crippen molar-refractivity contribution in [1.82, 2.24) is 15.0 Å². The van der Waals surface area contributed by atoms with Crippen molar-refractivity contribution in [3.63, 3.8) is 0 Å². The molecule has 0 fully saturated rings. The number of carbonyl (C=O) groups excluding carboxylic acids is 1. The number of aryl methyl sites for hydroxylation is 1. The fourth-order valence-electron chi connectivity index (χ4n) is 2.94. The highest BCUT2D eigenvalue weighted by Crippen LogP contribution is 2.29. The molecule has 1 amide bonds. The van der Waals surface area contributed by atoms with Crippen molar-refractivity contribution in [3.05, 3.63) is 83.7 Å². The molecule has 0 bridgehead atoms. The molecule has 1 heterocycles. The van der Waals surface area contributed by atoms with Crippen molar-refractivity contribution in [1.29, 1.82) is 0 Å². The van der Waals surface area contributed by atoms with Crippen LogP contribution in [-0.2, 0) is 16.6 Å². The lowest BCUT2D eigenvalue weighted by Crippen LogP contribution is -2.34. The van der Waals surface area contributed by atoms with E-state index in [1.54, 1.807) is 54.9 Å². The summed E-state index contributed by atoms with van der Waals surface area (Å²) in [6.07, 6.45) is 3.38. The summed E-state index contributed by atoms with van der Waals surface area (Å²) in [5, 5.41) is 2.71. The van der Waals surface area contributed by atoms with E-state index in [2.05, 4.69) is 15.0 Å². The van der Waals surface area contributed by atoms with E-state index < -0.39 is 10.0 Å². The molecule has 0 unspecified atom stereocenters. The summed E-state index contributed by atoms with van der Waals surface area (Å²) in [6.45, 7) is 4.68. The van der Waals surface area contributed by atoms with Crippen LogP contribution >= 0.6 is 0 Å². The Bertz CT molecular complexity index is 1170. The van der Waals surface area contributed by atoms with Gasteiger partial charge in [0.15, 0.2) is 11.5 Å². The molecule has 0 aliphatic carbocycles. The smallest absolute Gasteiger partial charge is 0.251 e. The summed E-state index contributed by atoms with van der Waals surface area (Å²) in [5.74, 6) is 0.640. The molecule has 2 N–H and O–H groups in total. The molecule has 3 rings (SSSR count). The van der Waals surface area contributed by atoms with Crippen LogP contribution in [0.5, 0.6) is 11.5 Å². The Labute approximate surface area is 194 Å². The minimum absolute atomic E-state index is 0.0629. The predicted molar refractivity (Wildman–Crippen MR) is 125 cm³/mol. The highest BCUT2D eigenvalue weighted by molar-refractivity contribution is 7.89. The quantitative estimate of drug-likeness (QED) is 0.418. The van der Waals surface area contributed by atoms with Gasteiger partial charge in [0.05, 0.1) is 11.5 Å². The molecule has 33 heavy (non-hydrogen) atoms. The molecule has 2 aromatic carbocycles. The van der Waals surface area contributed by atoms with Gasteiger partial charge in [0.25, 0.3) is 5.91 Å². The van der Waals surface area contributed by atoms with E-state index in [0.29, 0.717) is 30.3 Å². The number of sulfonamides is 1. The molecule has 0 spiro atoms. The van der Waals surface area contributed by atoms with Gasteiger partial charge in [0.1, 0.15) is 6.61 Å². The van der Waals surface area contributed by atoms with Crippen molar-refractivity contribution in [3.8, 4) is 11.5 Å². The molecule has 3 aromatic rings. The molecule has 0 radical (unpaired) electrons. The lowest BCUT2D eigenvalue weighted by Gasteiger charge is -2.14. The summed E-state index contributed by atoms with van der Waals surface area (Å²) in [5.41, 5.74) is 2.32. The van der Waals surface area contributed by atoms with E-state index in [1.807, 2.05) is 26.0 Å². The van der Waals surface area contributed by atoms with Crippen LogP contribution in [0.1, 0.15) is 28.4 Å². The predicted octanol–water partition coefficient (Wildman–Crippen LogP) is 3.08. The Hall–Kier alpha value is -3.43. The Morgan fingerprint density at radius 3 is 2.36 bits per heavy atom. The molecule has 174 valence electrons. The number of rotatable bonds is 11. The third kappa shape index (κ3) is 7.03. The standard InChI is InChI=1S/C24H27N3O5S/c1-3-31-23-16-20(6-9-22(23)32-17-19-10-12-25-13-11-19)24(28)26-14-15-27-33(29,30)21-7-4-18(2)5-8-21/h4-13,16,27H,3,14-15,17H2,1-2H3,(H,26,28). The molecule has 8 nitrogen and oxygen atoms in total. The number of ether oxygens (including phenoxy) is 2. The highest BCUT2D eigenvalue weighted by Gasteiger charge is 2.14. The normalized spacial score (nSPS) is 11.1. The first kappa shape index (κ1) is 24.2. The van der Waals surface area contributed by atoms with Gasteiger partial charge in [-0.15, -0.1) is 0 Å². The minimum atomic E-state index is -3.63. The Morgan fingerprint density at radius 1 is 0.939 bits per heavy atom. The van der Waals surface area contributed by atoms with E-state index in [4.69, 9.17) is 9.47 Å². The summed E-state index contributed by atoms with van der Waals surface area (Å²) < 4.78 is 38.6. The number of pyridine rings is 1. The van der Waals surface area contributed by atoms with E-state index in [1.165, 1.54) is 0 Å². The number of aromatic nitrogens is 1. The second-order valence-corrected chi connectivity index (χ2v) is 8.97. The highest BCUT2D eigenvalue weighted by atomic mass is 32.2. The van der Waals surface area contributed by atoms with E-state index in [0.717, 1.165) is 11.1 Å². The number of hydrogen-bond acceptors (Lipinski definition) is 6. The van der Waals surface area contributed by atoms with Gasteiger partial charge in [-0.3, -0.25) is 9.78 Å². The zero-order valence-corrected chi connectivity index (χ0v) is 19.4. The third-order valence-corrected chi connectivity index (χ3v) is 6.16. The summed E-state index contributed by atoms with van der Waals surface area (Å²) in [4.78, 5) is 16.7. The molecule has 0 saturated heterocycles. The van der Waals surface area contributed by atoms with Crippen LogP contribution in [-0.4, -0.2) is 39.0 Å². The third-order valence-electron chi connectivity index (χ3n) is 4.68. The van der Waals surface area contributed by atoms with E-state index >= 15 is 0 Å². The molecule has 0 aliphatic heterocycles. The Morgan fingerprint density at radius 2 is 1.67 bits per heavy atom. The minimum Gasteiger partial charge on any atom is -0.490 e.